The van der Waals surface area contributed by atoms with Crippen molar-refractivity contribution in [1.82, 2.24) is 9.97 Å². The van der Waals surface area contributed by atoms with Gasteiger partial charge in [-0.1, -0.05) is 6.07 Å². The highest BCUT2D eigenvalue weighted by Gasteiger charge is 2.13. The van der Waals surface area contributed by atoms with Crippen LogP contribution in [0.5, 0.6) is 11.5 Å². The van der Waals surface area contributed by atoms with E-state index >= 15 is 0 Å². The summed E-state index contributed by atoms with van der Waals surface area (Å²) in [5.74, 6) is 2.34. The number of rotatable bonds is 3. The van der Waals surface area contributed by atoms with Crippen molar-refractivity contribution in [2.75, 3.05) is 18.5 Å². The molecule has 1 aliphatic rings. The summed E-state index contributed by atoms with van der Waals surface area (Å²) in [6, 6.07) is 5.94. The van der Waals surface area contributed by atoms with Crippen LogP contribution >= 0.6 is 22.9 Å². The quantitative estimate of drug-likeness (QED) is 0.725. The lowest BCUT2D eigenvalue weighted by atomic mass is 10.2. The average molecular weight is 348 g/mol. The first-order chi connectivity index (χ1) is 11.2. The maximum atomic E-state index is 6.02. The first kappa shape index (κ1) is 14.5. The van der Waals surface area contributed by atoms with Gasteiger partial charge in [0.1, 0.15) is 23.9 Å². The van der Waals surface area contributed by atoms with Crippen LogP contribution in [-0.2, 0) is 6.54 Å². The highest BCUT2D eigenvalue weighted by Crippen LogP contribution is 2.32. The van der Waals surface area contributed by atoms with Gasteiger partial charge >= 0.3 is 0 Å². The first-order valence-corrected chi connectivity index (χ1v) is 8.50. The van der Waals surface area contributed by atoms with E-state index in [1.165, 1.54) is 0 Å². The van der Waals surface area contributed by atoms with Gasteiger partial charge in [-0.2, -0.15) is 0 Å². The van der Waals surface area contributed by atoms with E-state index in [1.54, 1.807) is 11.3 Å². The third-order valence-corrected chi connectivity index (χ3v) is 4.82. The van der Waals surface area contributed by atoms with Crippen LogP contribution in [0.1, 0.15) is 11.1 Å². The summed E-state index contributed by atoms with van der Waals surface area (Å²) in [6.45, 7) is 3.85. The van der Waals surface area contributed by atoms with Gasteiger partial charge in [0.15, 0.2) is 11.5 Å². The Hall–Kier alpha value is -2.05. The average Bonchev–Trinajstić information content (AvgIpc) is 2.93. The third kappa shape index (κ3) is 2.80. The Bertz CT molecular complexity index is 881. The zero-order chi connectivity index (χ0) is 15.8. The number of hydrogen-bond acceptors (Lipinski definition) is 6. The van der Waals surface area contributed by atoms with Crippen molar-refractivity contribution in [3.05, 3.63) is 40.0 Å². The maximum absolute atomic E-state index is 6.02. The molecule has 0 saturated carbocycles. The van der Waals surface area contributed by atoms with E-state index in [0.29, 0.717) is 19.8 Å². The Morgan fingerprint density at radius 3 is 2.91 bits per heavy atom. The number of nitrogens with zero attached hydrogens (tertiary/aromatic N) is 2. The lowest BCUT2D eigenvalue weighted by Gasteiger charge is -2.19. The molecule has 3 aromatic rings. The van der Waals surface area contributed by atoms with Crippen LogP contribution < -0.4 is 14.8 Å². The molecule has 0 bridgehead atoms. The Kier molecular flexibility index (Phi) is 3.71. The van der Waals surface area contributed by atoms with Gasteiger partial charge in [0.05, 0.1) is 5.39 Å². The number of ether oxygens (including phenoxy) is 2. The lowest BCUT2D eigenvalue weighted by molar-refractivity contribution is 0.171. The topological polar surface area (TPSA) is 56.3 Å². The standard InChI is InChI=1S/C16H14ClN3O2S/c1-9-8-23-15-13(9)14(19-16(17)20-15)18-7-10-2-3-11-12(6-10)22-5-4-21-11/h2-3,6,8H,4-5,7H2,1H3,(H,18,19,20). The lowest BCUT2D eigenvalue weighted by Crippen LogP contribution is -2.15. The van der Waals surface area contributed by atoms with Crippen molar-refractivity contribution in [3.8, 4) is 11.5 Å². The highest BCUT2D eigenvalue weighted by molar-refractivity contribution is 7.17. The molecule has 1 aliphatic heterocycles. The van der Waals surface area contributed by atoms with Gasteiger partial charge in [0.25, 0.3) is 0 Å². The molecule has 5 nitrogen and oxygen atoms in total. The summed E-state index contributed by atoms with van der Waals surface area (Å²) in [5.41, 5.74) is 2.23. The van der Waals surface area contributed by atoms with Gasteiger partial charge in [-0.15, -0.1) is 11.3 Å². The van der Waals surface area contributed by atoms with Crippen LogP contribution in [0, 0.1) is 6.92 Å². The number of anilines is 1. The van der Waals surface area contributed by atoms with E-state index in [2.05, 4.69) is 20.7 Å². The molecule has 23 heavy (non-hydrogen) atoms. The molecule has 0 saturated heterocycles. The molecule has 2 aromatic heterocycles. The molecule has 3 heterocycles. The molecule has 1 aromatic carbocycles. The normalized spacial score (nSPS) is 13.3. The predicted molar refractivity (Wildman–Crippen MR) is 91.9 cm³/mol. The highest BCUT2D eigenvalue weighted by atomic mass is 35.5. The minimum atomic E-state index is 0.254. The maximum Gasteiger partial charge on any atom is 0.225 e. The third-order valence-electron chi connectivity index (χ3n) is 3.66. The SMILES string of the molecule is Cc1csc2nc(Cl)nc(NCc3ccc4c(c3)OCCO4)c12. The van der Waals surface area contributed by atoms with Crippen molar-refractivity contribution in [1.29, 1.82) is 0 Å². The second-order valence-electron chi connectivity index (χ2n) is 5.27. The summed E-state index contributed by atoms with van der Waals surface area (Å²) in [6.07, 6.45) is 0. The molecular formula is C16H14ClN3O2S. The molecule has 118 valence electrons. The molecule has 1 N–H and O–H groups in total. The number of fused-ring (bicyclic) bond motifs is 2. The smallest absolute Gasteiger partial charge is 0.225 e. The Morgan fingerprint density at radius 1 is 1.22 bits per heavy atom. The van der Waals surface area contributed by atoms with E-state index in [-0.39, 0.29) is 5.28 Å². The summed E-state index contributed by atoms with van der Waals surface area (Å²) in [4.78, 5) is 9.49. The molecular weight excluding hydrogens is 334 g/mol. The van der Waals surface area contributed by atoms with Gasteiger partial charge in [0, 0.05) is 6.54 Å². The molecule has 0 spiro atoms. The van der Waals surface area contributed by atoms with Crippen LogP contribution in [0.15, 0.2) is 23.6 Å². The van der Waals surface area contributed by atoms with Crippen molar-refractivity contribution in [2.24, 2.45) is 0 Å². The van der Waals surface area contributed by atoms with E-state index in [4.69, 9.17) is 21.1 Å². The van der Waals surface area contributed by atoms with Crippen LogP contribution in [0.4, 0.5) is 5.82 Å². The number of nitrogens with one attached hydrogen (secondary N) is 1. The predicted octanol–water partition coefficient (Wildman–Crippen LogP) is 4.04. The number of thiophene rings is 1. The van der Waals surface area contributed by atoms with Crippen LogP contribution in [0.25, 0.3) is 10.2 Å². The first-order valence-electron chi connectivity index (χ1n) is 7.24. The van der Waals surface area contributed by atoms with Crippen LogP contribution in [-0.4, -0.2) is 23.2 Å². The van der Waals surface area contributed by atoms with E-state index in [0.717, 1.165) is 38.7 Å². The fourth-order valence-electron chi connectivity index (χ4n) is 2.57. The van der Waals surface area contributed by atoms with Gasteiger partial charge in [-0.25, -0.2) is 9.97 Å². The zero-order valence-corrected chi connectivity index (χ0v) is 14.0. The van der Waals surface area contributed by atoms with Crippen molar-refractivity contribution >= 4 is 39.0 Å². The van der Waals surface area contributed by atoms with Crippen LogP contribution in [0.2, 0.25) is 5.28 Å². The minimum Gasteiger partial charge on any atom is -0.486 e. The fraction of sp³-hybridized carbons (Fsp3) is 0.250. The molecule has 0 unspecified atom stereocenters. The summed E-state index contributed by atoms with van der Waals surface area (Å²) >= 11 is 7.59. The van der Waals surface area contributed by atoms with Gasteiger partial charge in [-0.3, -0.25) is 0 Å². The number of aryl methyl sites for hydroxylation is 1. The summed E-state index contributed by atoms with van der Waals surface area (Å²) in [7, 11) is 0. The largest absolute Gasteiger partial charge is 0.486 e. The van der Waals surface area contributed by atoms with E-state index in [9.17, 15) is 0 Å². The van der Waals surface area contributed by atoms with Crippen molar-refractivity contribution in [3.63, 3.8) is 0 Å². The fourth-order valence-corrected chi connectivity index (χ4v) is 3.71. The Morgan fingerprint density at radius 2 is 2.04 bits per heavy atom. The number of halogens is 1. The second kappa shape index (κ2) is 5.86. The molecule has 0 atom stereocenters. The number of aromatic nitrogens is 2. The summed E-state index contributed by atoms with van der Waals surface area (Å²) in [5, 5.41) is 6.69. The zero-order valence-electron chi connectivity index (χ0n) is 12.4. The Balaban J connectivity index is 1.61. The molecule has 7 heteroatoms. The van der Waals surface area contributed by atoms with E-state index in [1.807, 2.05) is 25.1 Å². The number of benzene rings is 1. The van der Waals surface area contributed by atoms with Gasteiger partial charge < -0.3 is 14.8 Å². The van der Waals surface area contributed by atoms with Gasteiger partial charge in [-0.05, 0) is 47.2 Å². The molecule has 0 amide bonds. The van der Waals surface area contributed by atoms with E-state index < -0.39 is 0 Å². The van der Waals surface area contributed by atoms with Gasteiger partial charge in [0.2, 0.25) is 5.28 Å². The molecule has 0 radical (unpaired) electrons. The number of hydrogen-bond donors (Lipinski definition) is 1. The molecule has 4 rings (SSSR count). The Labute approximate surface area is 142 Å². The minimum absolute atomic E-state index is 0.254. The van der Waals surface area contributed by atoms with Crippen molar-refractivity contribution in [2.45, 2.75) is 13.5 Å². The van der Waals surface area contributed by atoms with Crippen molar-refractivity contribution < 1.29 is 9.47 Å². The second-order valence-corrected chi connectivity index (χ2v) is 6.47. The molecule has 0 fully saturated rings. The molecule has 0 aliphatic carbocycles. The monoisotopic (exact) mass is 347 g/mol. The van der Waals surface area contributed by atoms with Crippen LogP contribution in [0.3, 0.4) is 0 Å². The summed E-state index contributed by atoms with van der Waals surface area (Å²) < 4.78 is 11.2.